The molecule has 2 aromatic carbocycles. The summed E-state index contributed by atoms with van der Waals surface area (Å²) in [5.41, 5.74) is 2.67. The quantitative estimate of drug-likeness (QED) is 0.460. The van der Waals surface area contributed by atoms with Gasteiger partial charge in [-0.1, -0.05) is 22.9 Å². The van der Waals surface area contributed by atoms with Crippen molar-refractivity contribution in [3.63, 3.8) is 0 Å². The summed E-state index contributed by atoms with van der Waals surface area (Å²) in [4.78, 5) is 15.5. The van der Waals surface area contributed by atoms with Crippen LogP contribution >= 0.6 is 15.9 Å². The molecule has 1 aromatic heterocycles. The van der Waals surface area contributed by atoms with Crippen LogP contribution in [0.5, 0.6) is 11.5 Å². The van der Waals surface area contributed by atoms with E-state index in [1.807, 2.05) is 31.2 Å². The summed E-state index contributed by atoms with van der Waals surface area (Å²) in [6.07, 6.45) is 4.01. The first-order valence-electron chi connectivity index (χ1n) is 10.6. The minimum atomic E-state index is -0.178. The molecule has 0 radical (unpaired) electrons. The standard InChI is InChI=1S/C25H24BrNO4/c1-14-4-3-7-27(12-14)13-19-20(28)8-15(2)23-24(29)22(31-25(19)23)11-18-10-16-9-17(26)5-6-21(16)30-18/h5-6,8-11,14,28H,3-4,7,12-13H2,1-2H3/b22-11-/t14-/m1/s1. The van der Waals surface area contributed by atoms with Crippen molar-refractivity contribution in [1.29, 1.82) is 0 Å². The number of carbonyl (C=O) groups is 1. The number of Topliss-reactive ketones (excluding diaryl/α,β-unsaturated/α-hetero) is 1. The molecule has 5 nitrogen and oxygen atoms in total. The number of halogens is 1. The Balaban J connectivity index is 1.50. The highest BCUT2D eigenvalue weighted by Crippen LogP contribution is 2.42. The molecule has 0 spiro atoms. The molecule has 0 aliphatic carbocycles. The summed E-state index contributed by atoms with van der Waals surface area (Å²) in [5, 5.41) is 11.6. The van der Waals surface area contributed by atoms with Crippen molar-refractivity contribution >= 4 is 38.8 Å². The minimum Gasteiger partial charge on any atom is -0.507 e. The fourth-order valence-corrected chi connectivity index (χ4v) is 5.00. The molecule has 2 aliphatic rings. The summed E-state index contributed by atoms with van der Waals surface area (Å²) < 4.78 is 12.9. The van der Waals surface area contributed by atoms with Crippen molar-refractivity contribution in [2.45, 2.75) is 33.2 Å². The van der Waals surface area contributed by atoms with Crippen molar-refractivity contribution in [3.05, 3.63) is 63.0 Å². The number of furan rings is 1. The second kappa shape index (κ2) is 7.84. The number of allylic oxidation sites excluding steroid dienone is 1. The fourth-order valence-electron chi connectivity index (χ4n) is 4.62. The van der Waals surface area contributed by atoms with E-state index < -0.39 is 0 Å². The fraction of sp³-hybridized carbons (Fsp3) is 0.320. The molecule has 3 heterocycles. The number of likely N-dealkylation sites (tertiary alicyclic amines) is 1. The van der Waals surface area contributed by atoms with Gasteiger partial charge in [0.25, 0.3) is 0 Å². The van der Waals surface area contributed by atoms with Crippen LogP contribution in [0.25, 0.3) is 17.0 Å². The molecule has 5 rings (SSSR count). The number of carbonyl (C=O) groups excluding carboxylic acids is 1. The van der Waals surface area contributed by atoms with E-state index in [-0.39, 0.29) is 17.3 Å². The number of nitrogens with zero attached hydrogens (tertiary/aromatic N) is 1. The van der Waals surface area contributed by atoms with Crippen LogP contribution in [0.3, 0.4) is 0 Å². The van der Waals surface area contributed by atoms with Crippen molar-refractivity contribution < 1.29 is 19.1 Å². The van der Waals surface area contributed by atoms with Gasteiger partial charge in [-0.15, -0.1) is 0 Å². The molecule has 160 valence electrons. The van der Waals surface area contributed by atoms with Crippen LogP contribution in [-0.2, 0) is 6.54 Å². The molecule has 1 N–H and O–H groups in total. The molecule has 0 saturated carbocycles. The maximum Gasteiger partial charge on any atom is 0.232 e. The minimum absolute atomic E-state index is 0.178. The lowest BCUT2D eigenvalue weighted by atomic mass is 9.97. The molecule has 2 aliphatic heterocycles. The van der Waals surface area contributed by atoms with Gasteiger partial charge in [0.05, 0.1) is 11.1 Å². The van der Waals surface area contributed by atoms with E-state index in [4.69, 9.17) is 9.15 Å². The number of benzene rings is 2. The van der Waals surface area contributed by atoms with E-state index in [0.29, 0.717) is 40.7 Å². The number of phenols is 1. The van der Waals surface area contributed by atoms with Crippen LogP contribution in [0.15, 0.2) is 45.0 Å². The Morgan fingerprint density at radius 1 is 1.29 bits per heavy atom. The molecule has 31 heavy (non-hydrogen) atoms. The van der Waals surface area contributed by atoms with Gasteiger partial charge in [-0.05, 0) is 68.1 Å². The van der Waals surface area contributed by atoms with E-state index in [9.17, 15) is 9.90 Å². The van der Waals surface area contributed by atoms with Crippen molar-refractivity contribution in [1.82, 2.24) is 4.90 Å². The number of hydrogen-bond acceptors (Lipinski definition) is 5. The number of fused-ring (bicyclic) bond motifs is 2. The third-order valence-electron chi connectivity index (χ3n) is 6.11. The van der Waals surface area contributed by atoms with Gasteiger partial charge in [0.15, 0.2) is 5.76 Å². The van der Waals surface area contributed by atoms with Crippen LogP contribution in [0.1, 0.15) is 47.0 Å². The van der Waals surface area contributed by atoms with E-state index in [2.05, 4.69) is 27.8 Å². The van der Waals surface area contributed by atoms with E-state index in [1.165, 1.54) is 6.42 Å². The number of phenolic OH excluding ortho intramolecular Hbond substituents is 1. The highest BCUT2D eigenvalue weighted by Gasteiger charge is 2.34. The number of aromatic hydroxyl groups is 1. The lowest BCUT2D eigenvalue weighted by molar-refractivity contribution is 0.101. The number of hydrogen-bond donors (Lipinski definition) is 1. The molecule has 0 bridgehead atoms. The first-order chi connectivity index (χ1) is 14.9. The van der Waals surface area contributed by atoms with E-state index >= 15 is 0 Å². The maximum atomic E-state index is 13.2. The van der Waals surface area contributed by atoms with Crippen molar-refractivity contribution in [2.75, 3.05) is 13.1 Å². The van der Waals surface area contributed by atoms with Gasteiger partial charge in [0.1, 0.15) is 22.8 Å². The second-order valence-corrected chi connectivity index (χ2v) is 9.56. The number of aryl methyl sites for hydroxylation is 1. The summed E-state index contributed by atoms with van der Waals surface area (Å²) in [6, 6.07) is 9.31. The Bertz CT molecular complexity index is 1230. The lowest BCUT2D eigenvalue weighted by Gasteiger charge is -2.31. The van der Waals surface area contributed by atoms with Gasteiger partial charge < -0.3 is 14.3 Å². The molecule has 0 unspecified atom stereocenters. The Hall–Kier alpha value is -2.57. The Labute approximate surface area is 189 Å². The Morgan fingerprint density at radius 3 is 2.94 bits per heavy atom. The van der Waals surface area contributed by atoms with Gasteiger partial charge >= 0.3 is 0 Å². The van der Waals surface area contributed by atoms with Crippen LogP contribution in [0.4, 0.5) is 0 Å². The van der Waals surface area contributed by atoms with Crippen molar-refractivity contribution in [2.24, 2.45) is 5.92 Å². The molecule has 0 amide bonds. The predicted molar refractivity (Wildman–Crippen MR) is 123 cm³/mol. The summed E-state index contributed by atoms with van der Waals surface area (Å²) in [5.74, 6) is 1.87. The third kappa shape index (κ3) is 3.79. The maximum absolute atomic E-state index is 13.2. The number of ketones is 1. The zero-order valence-electron chi connectivity index (χ0n) is 17.6. The first-order valence-corrected chi connectivity index (χ1v) is 11.4. The average molecular weight is 482 g/mol. The monoisotopic (exact) mass is 481 g/mol. The SMILES string of the molecule is Cc1cc(O)c(CN2CCC[C@@H](C)C2)c2c1C(=O)/C(=C/c1cc3cc(Br)ccc3o1)O2. The topological polar surface area (TPSA) is 62.9 Å². The number of piperidine rings is 1. The highest BCUT2D eigenvalue weighted by atomic mass is 79.9. The smallest absolute Gasteiger partial charge is 0.232 e. The summed E-state index contributed by atoms with van der Waals surface area (Å²) in [7, 11) is 0. The molecule has 6 heteroatoms. The zero-order valence-corrected chi connectivity index (χ0v) is 19.2. The van der Waals surface area contributed by atoms with E-state index in [0.717, 1.165) is 35.0 Å². The van der Waals surface area contributed by atoms with Crippen LogP contribution in [0.2, 0.25) is 0 Å². The van der Waals surface area contributed by atoms with Crippen LogP contribution in [-0.4, -0.2) is 28.9 Å². The molecule has 3 aromatic rings. The van der Waals surface area contributed by atoms with Gasteiger partial charge in [-0.2, -0.15) is 0 Å². The lowest BCUT2D eigenvalue weighted by Crippen LogP contribution is -2.33. The third-order valence-corrected chi connectivity index (χ3v) is 6.61. The average Bonchev–Trinajstić information content (AvgIpc) is 3.26. The Morgan fingerprint density at radius 2 is 2.13 bits per heavy atom. The van der Waals surface area contributed by atoms with E-state index in [1.54, 1.807) is 12.1 Å². The molecule has 1 fully saturated rings. The summed E-state index contributed by atoms with van der Waals surface area (Å²) >= 11 is 3.46. The zero-order chi connectivity index (χ0) is 21.7. The van der Waals surface area contributed by atoms with Crippen molar-refractivity contribution in [3.8, 4) is 11.5 Å². The summed E-state index contributed by atoms with van der Waals surface area (Å²) in [6.45, 7) is 6.61. The normalized spacial score (nSPS) is 20.4. The highest BCUT2D eigenvalue weighted by molar-refractivity contribution is 9.10. The first kappa shape index (κ1) is 20.3. The van der Waals surface area contributed by atoms with Gasteiger partial charge in [-0.25, -0.2) is 0 Å². The number of rotatable bonds is 3. The second-order valence-electron chi connectivity index (χ2n) is 8.65. The van der Waals surface area contributed by atoms with Crippen LogP contribution in [0, 0.1) is 12.8 Å². The van der Waals surface area contributed by atoms with Crippen LogP contribution < -0.4 is 4.74 Å². The molecular weight excluding hydrogens is 458 g/mol. The molecule has 1 saturated heterocycles. The molecular formula is C25H24BrNO4. The van der Waals surface area contributed by atoms with Gasteiger partial charge in [0, 0.05) is 29.0 Å². The largest absolute Gasteiger partial charge is 0.507 e. The van der Waals surface area contributed by atoms with Gasteiger partial charge in [-0.3, -0.25) is 9.69 Å². The Kier molecular flexibility index (Phi) is 5.15. The number of ether oxygens (including phenoxy) is 1. The molecule has 1 atom stereocenters. The predicted octanol–water partition coefficient (Wildman–Crippen LogP) is 6.06. The van der Waals surface area contributed by atoms with Gasteiger partial charge in [0.2, 0.25) is 5.78 Å².